The third kappa shape index (κ3) is 3.94. The minimum Gasteiger partial charge on any atom is -0.488 e. The van der Waals surface area contributed by atoms with Crippen LogP contribution in [0.3, 0.4) is 0 Å². The maximum Gasteiger partial charge on any atom is 0.221 e. The molecule has 0 bridgehead atoms. The number of ether oxygens (including phenoxy) is 1. The lowest BCUT2D eigenvalue weighted by molar-refractivity contribution is 0.306. The fourth-order valence-electron chi connectivity index (χ4n) is 2.23. The van der Waals surface area contributed by atoms with Gasteiger partial charge in [-0.1, -0.05) is 35.9 Å². The molecule has 0 saturated heterocycles. The van der Waals surface area contributed by atoms with E-state index in [0.29, 0.717) is 17.6 Å². The average molecular weight is 341 g/mol. The SMILES string of the molecule is Cc1cn(N=Cc2ccccc2OCc2cccc(Cl)c2)c(N)n1. The third-order valence-corrected chi connectivity index (χ3v) is 3.59. The number of halogens is 1. The quantitative estimate of drug-likeness (QED) is 0.716. The van der Waals surface area contributed by atoms with Crippen LogP contribution in [0.25, 0.3) is 0 Å². The van der Waals surface area contributed by atoms with Crippen molar-refractivity contribution in [2.24, 2.45) is 5.10 Å². The summed E-state index contributed by atoms with van der Waals surface area (Å²) in [7, 11) is 0. The highest BCUT2D eigenvalue weighted by atomic mass is 35.5. The van der Waals surface area contributed by atoms with E-state index in [1.165, 1.54) is 4.68 Å². The molecule has 122 valence electrons. The Morgan fingerprint density at radius 3 is 2.83 bits per heavy atom. The second-order valence-corrected chi connectivity index (χ2v) is 5.72. The van der Waals surface area contributed by atoms with Gasteiger partial charge in [0.25, 0.3) is 0 Å². The monoisotopic (exact) mass is 340 g/mol. The molecule has 3 aromatic rings. The zero-order valence-electron chi connectivity index (χ0n) is 13.2. The number of para-hydroxylation sites is 1. The molecule has 0 aliphatic rings. The number of nitrogen functional groups attached to an aromatic ring is 1. The molecule has 1 heterocycles. The van der Waals surface area contributed by atoms with Crippen LogP contribution in [0, 0.1) is 6.92 Å². The zero-order chi connectivity index (χ0) is 16.9. The molecule has 0 saturated carbocycles. The summed E-state index contributed by atoms with van der Waals surface area (Å²) >= 11 is 5.99. The standard InChI is InChI=1S/C18H17ClN4O/c1-13-11-23(18(20)22-13)21-10-15-6-2-3-8-17(15)24-12-14-5-4-7-16(19)9-14/h2-11H,12H2,1H3,(H2,20,22). The van der Waals surface area contributed by atoms with Gasteiger partial charge >= 0.3 is 0 Å². The molecule has 1 aromatic heterocycles. The number of nitrogens with zero attached hydrogens (tertiary/aromatic N) is 3. The first-order valence-electron chi connectivity index (χ1n) is 7.44. The van der Waals surface area contributed by atoms with Gasteiger partial charge in [-0.25, -0.2) is 9.66 Å². The summed E-state index contributed by atoms with van der Waals surface area (Å²) < 4.78 is 7.43. The molecule has 0 aliphatic carbocycles. The van der Waals surface area contributed by atoms with Gasteiger partial charge in [0, 0.05) is 10.6 Å². The van der Waals surface area contributed by atoms with Crippen LogP contribution in [0.15, 0.2) is 59.8 Å². The van der Waals surface area contributed by atoms with E-state index >= 15 is 0 Å². The predicted octanol–water partition coefficient (Wildman–Crippen LogP) is 3.89. The number of benzene rings is 2. The van der Waals surface area contributed by atoms with Crippen molar-refractivity contribution >= 4 is 23.8 Å². The van der Waals surface area contributed by atoms with Crippen LogP contribution in [0.4, 0.5) is 5.95 Å². The van der Waals surface area contributed by atoms with Crippen LogP contribution in [0.2, 0.25) is 5.02 Å². The van der Waals surface area contributed by atoms with Crippen molar-refractivity contribution in [1.29, 1.82) is 0 Å². The molecule has 0 aliphatic heterocycles. The second-order valence-electron chi connectivity index (χ2n) is 5.29. The number of hydrogen-bond acceptors (Lipinski definition) is 4. The van der Waals surface area contributed by atoms with Gasteiger partial charge < -0.3 is 10.5 Å². The largest absolute Gasteiger partial charge is 0.488 e. The number of anilines is 1. The number of hydrogen-bond donors (Lipinski definition) is 1. The second kappa shape index (κ2) is 7.19. The van der Waals surface area contributed by atoms with Crippen molar-refractivity contribution in [3.8, 4) is 5.75 Å². The van der Waals surface area contributed by atoms with E-state index in [9.17, 15) is 0 Å². The average Bonchev–Trinajstić information content (AvgIpc) is 2.89. The molecular formula is C18H17ClN4O. The van der Waals surface area contributed by atoms with E-state index in [2.05, 4.69) is 10.1 Å². The third-order valence-electron chi connectivity index (χ3n) is 3.36. The van der Waals surface area contributed by atoms with Crippen LogP contribution in [0.5, 0.6) is 5.75 Å². The molecule has 0 fully saturated rings. The fraction of sp³-hybridized carbons (Fsp3) is 0.111. The highest BCUT2D eigenvalue weighted by Gasteiger charge is 2.03. The first kappa shape index (κ1) is 16.1. The maximum atomic E-state index is 5.99. The smallest absolute Gasteiger partial charge is 0.221 e. The molecule has 0 spiro atoms. The van der Waals surface area contributed by atoms with Gasteiger partial charge in [0.05, 0.1) is 18.1 Å². The van der Waals surface area contributed by atoms with Gasteiger partial charge in [0.1, 0.15) is 12.4 Å². The Morgan fingerprint density at radius 1 is 1.25 bits per heavy atom. The summed E-state index contributed by atoms with van der Waals surface area (Å²) in [5.41, 5.74) is 8.46. The number of aryl methyl sites for hydroxylation is 1. The summed E-state index contributed by atoms with van der Waals surface area (Å²) in [5, 5.41) is 5.02. The lowest BCUT2D eigenvalue weighted by atomic mass is 10.2. The Hall–Kier alpha value is -2.79. The van der Waals surface area contributed by atoms with Crippen molar-refractivity contribution in [3.05, 3.63) is 76.6 Å². The van der Waals surface area contributed by atoms with Crippen LogP contribution < -0.4 is 10.5 Å². The minimum atomic E-state index is 0.348. The lowest BCUT2D eigenvalue weighted by Gasteiger charge is -2.09. The Morgan fingerprint density at radius 2 is 2.08 bits per heavy atom. The van der Waals surface area contributed by atoms with Crippen molar-refractivity contribution in [1.82, 2.24) is 9.66 Å². The first-order chi connectivity index (χ1) is 11.6. The lowest BCUT2D eigenvalue weighted by Crippen LogP contribution is -2.00. The van der Waals surface area contributed by atoms with E-state index in [0.717, 1.165) is 22.6 Å². The molecule has 0 radical (unpaired) electrons. The van der Waals surface area contributed by atoms with E-state index < -0.39 is 0 Å². The maximum absolute atomic E-state index is 5.99. The molecule has 6 heteroatoms. The van der Waals surface area contributed by atoms with Gasteiger partial charge in [-0.3, -0.25) is 0 Å². The summed E-state index contributed by atoms with van der Waals surface area (Å²) in [6.45, 7) is 2.29. The van der Waals surface area contributed by atoms with Gasteiger partial charge in [0.15, 0.2) is 0 Å². The molecule has 2 N–H and O–H groups in total. The number of nitrogens with two attached hydrogens (primary N) is 1. The number of aromatic nitrogens is 2. The van der Waals surface area contributed by atoms with E-state index in [-0.39, 0.29) is 0 Å². The summed E-state index contributed by atoms with van der Waals surface area (Å²) in [4.78, 5) is 4.11. The van der Waals surface area contributed by atoms with Crippen LogP contribution in [-0.4, -0.2) is 15.9 Å². The van der Waals surface area contributed by atoms with Crippen LogP contribution in [-0.2, 0) is 6.61 Å². The van der Waals surface area contributed by atoms with Crippen molar-refractivity contribution in [2.75, 3.05) is 5.73 Å². The topological polar surface area (TPSA) is 65.4 Å². The van der Waals surface area contributed by atoms with E-state index in [1.54, 1.807) is 12.4 Å². The molecule has 0 unspecified atom stereocenters. The van der Waals surface area contributed by atoms with Gasteiger partial charge in [-0.05, 0) is 36.8 Å². The number of imidazole rings is 1. The molecule has 2 aromatic carbocycles. The Balaban J connectivity index is 1.76. The zero-order valence-corrected chi connectivity index (χ0v) is 13.9. The van der Waals surface area contributed by atoms with E-state index in [4.69, 9.17) is 22.1 Å². The Labute approximate surface area is 145 Å². The van der Waals surface area contributed by atoms with Gasteiger partial charge in [0.2, 0.25) is 5.95 Å². The molecule has 3 rings (SSSR count). The van der Waals surface area contributed by atoms with Crippen molar-refractivity contribution in [2.45, 2.75) is 13.5 Å². The molecular weight excluding hydrogens is 324 g/mol. The molecule has 5 nitrogen and oxygen atoms in total. The van der Waals surface area contributed by atoms with Crippen LogP contribution >= 0.6 is 11.6 Å². The van der Waals surface area contributed by atoms with Gasteiger partial charge in [-0.2, -0.15) is 5.10 Å². The highest BCUT2D eigenvalue weighted by molar-refractivity contribution is 6.30. The first-order valence-corrected chi connectivity index (χ1v) is 7.82. The van der Waals surface area contributed by atoms with Crippen molar-refractivity contribution < 1.29 is 4.74 Å². The summed E-state index contributed by atoms with van der Waals surface area (Å²) in [6.07, 6.45) is 3.46. The predicted molar refractivity (Wildman–Crippen MR) is 96.6 cm³/mol. The molecule has 24 heavy (non-hydrogen) atoms. The van der Waals surface area contributed by atoms with Crippen LogP contribution in [0.1, 0.15) is 16.8 Å². The Kier molecular flexibility index (Phi) is 4.82. The summed E-state index contributed by atoms with van der Waals surface area (Å²) in [6, 6.07) is 15.3. The highest BCUT2D eigenvalue weighted by Crippen LogP contribution is 2.19. The fourth-order valence-corrected chi connectivity index (χ4v) is 2.44. The summed E-state index contributed by atoms with van der Waals surface area (Å²) in [5.74, 6) is 1.08. The normalized spacial score (nSPS) is 11.1. The molecule has 0 amide bonds. The van der Waals surface area contributed by atoms with Gasteiger partial charge in [-0.15, -0.1) is 0 Å². The van der Waals surface area contributed by atoms with Crippen molar-refractivity contribution in [3.63, 3.8) is 0 Å². The van der Waals surface area contributed by atoms with E-state index in [1.807, 2.05) is 55.5 Å². The Bertz CT molecular complexity index is 873. The number of rotatable bonds is 5. The minimum absolute atomic E-state index is 0.348. The molecule has 0 atom stereocenters.